The SMILES string of the molecule is Cc1ccsc1CNC(=O)c1occc1C(=O)O. The number of rotatable bonds is 4. The van der Waals surface area contributed by atoms with E-state index in [2.05, 4.69) is 5.32 Å². The van der Waals surface area contributed by atoms with Gasteiger partial charge in [-0.2, -0.15) is 0 Å². The molecule has 94 valence electrons. The van der Waals surface area contributed by atoms with Crippen molar-refractivity contribution < 1.29 is 19.1 Å². The molecule has 1 amide bonds. The van der Waals surface area contributed by atoms with Crippen LogP contribution in [0.1, 0.15) is 31.4 Å². The van der Waals surface area contributed by atoms with E-state index in [1.165, 1.54) is 23.7 Å². The number of carboxylic acid groups (broad SMARTS) is 1. The lowest BCUT2D eigenvalue weighted by molar-refractivity contribution is 0.0688. The fourth-order valence-electron chi connectivity index (χ4n) is 1.48. The molecule has 0 saturated heterocycles. The highest BCUT2D eigenvalue weighted by Crippen LogP contribution is 2.16. The third-order valence-corrected chi connectivity index (χ3v) is 3.50. The van der Waals surface area contributed by atoms with E-state index < -0.39 is 11.9 Å². The average Bonchev–Trinajstić information content (AvgIpc) is 2.94. The van der Waals surface area contributed by atoms with E-state index in [9.17, 15) is 9.59 Å². The maximum atomic E-state index is 11.8. The van der Waals surface area contributed by atoms with E-state index >= 15 is 0 Å². The van der Waals surface area contributed by atoms with Crippen molar-refractivity contribution in [3.63, 3.8) is 0 Å². The molecule has 0 saturated carbocycles. The lowest BCUT2D eigenvalue weighted by Gasteiger charge is -2.03. The molecule has 18 heavy (non-hydrogen) atoms. The molecular formula is C12H11NO4S. The molecular weight excluding hydrogens is 254 g/mol. The number of aryl methyl sites for hydroxylation is 1. The highest BCUT2D eigenvalue weighted by Gasteiger charge is 2.20. The monoisotopic (exact) mass is 265 g/mol. The average molecular weight is 265 g/mol. The molecule has 0 radical (unpaired) electrons. The van der Waals surface area contributed by atoms with Crippen molar-refractivity contribution in [2.45, 2.75) is 13.5 Å². The number of furan rings is 1. The lowest BCUT2D eigenvalue weighted by Crippen LogP contribution is -2.23. The molecule has 0 fully saturated rings. The molecule has 0 spiro atoms. The number of amides is 1. The number of aromatic carboxylic acids is 1. The third-order valence-electron chi connectivity index (χ3n) is 2.48. The van der Waals surface area contributed by atoms with E-state index in [1.54, 1.807) is 0 Å². The van der Waals surface area contributed by atoms with E-state index in [1.807, 2.05) is 18.4 Å². The van der Waals surface area contributed by atoms with E-state index in [-0.39, 0.29) is 11.3 Å². The summed E-state index contributed by atoms with van der Waals surface area (Å²) in [5, 5.41) is 13.4. The zero-order valence-corrected chi connectivity index (χ0v) is 10.4. The molecule has 0 aromatic carbocycles. The Bertz CT molecular complexity index is 584. The maximum Gasteiger partial charge on any atom is 0.339 e. The molecule has 0 unspecified atom stereocenters. The van der Waals surface area contributed by atoms with Gasteiger partial charge in [0.1, 0.15) is 5.56 Å². The first-order valence-corrected chi connectivity index (χ1v) is 6.09. The van der Waals surface area contributed by atoms with Crippen molar-refractivity contribution in [1.82, 2.24) is 5.32 Å². The van der Waals surface area contributed by atoms with E-state index in [0.29, 0.717) is 6.54 Å². The van der Waals surface area contributed by atoms with Gasteiger partial charge in [-0.25, -0.2) is 4.79 Å². The molecule has 6 heteroatoms. The fraction of sp³-hybridized carbons (Fsp3) is 0.167. The second kappa shape index (κ2) is 5.05. The predicted molar refractivity (Wildman–Crippen MR) is 65.9 cm³/mol. The molecule has 0 aliphatic rings. The minimum atomic E-state index is -1.18. The number of thiophene rings is 1. The van der Waals surface area contributed by atoms with Crippen LogP contribution >= 0.6 is 11.3 Å². The summed E-state index contributed by atoms with van der Waals surface area (Å²) in [6, 6.07) is 3.22. The Balaban J connectivity index is 2.06. The summed E-state index contributed by atoms with van der Waals surface area (Å²) >= 11 is 1.54. The molecule has 2 N–H and O–H groups in total. The van der Waals surface area contributed by atoms with Crippen LogP contribution in [-0.2, 0) is 6.54 Å². The molecule has 5 nitrogen and oxygen atoms in total. The minimum absolute atomic E-state index is 0.129. The largest absolute Gasteiger partial charge is 0.478 e. The molecule has 0 aliphatic carbocycles. The van der Waals surface area contributed by atoms with Gasteiger partial charge in [-0.1, -0.05) is 0 Å². The molecule has 2 rings (SSSR count). The molecule has 2 aromatic rings. The van der Waals surface area contributed by atoms with Crippen LogP contribution in [0.3, 0.4) is 0 Å². The van der Waals surface area contributed by atoms with Crippen LogP contribution in [0.2, 0.25) is 0 Å². The molecule has 2 aromatic heterocycles. The van der Waals surface area contributed by atoms with Gasteiger partial charge < -0.3 is 14.8 Å². The van der Waals surface area contributed by atoms with Gasteiger partial charge in [0, 0.05) is 4.88 Å². The smallest absolute Gasteiger partial charge is 0.339 e. The zero-order valence-electron chi connectivity index (χ0n) is 9.60. The number of nitrogens with one attached hydrogen (secondary N) is 1. The maximum absolute atomic E-state index is 11.8. The Hall–Kier alpha value is -2.08. The summed E-state index contributed by atoms with van der Waals surface area (Å²) in [5.74, 6) is -1.87. The number of carbonyl (C=O) groups excluding carboxylic acids is 1. The van der Waals surface area contributed by atoms with E-state index in [0.717, 1.165) is 10.4 Å². The van der Waals surface area contributed by atoms with Crippen molar-refractivity contribution >= 4 is 23.2 Å². The van der Waals surface area contributed by atoms with Gasteiger partial charge in [-0.15, -0.1) is 11.3 Å². The topological polar surface area (TPSA) is 79.5 Å². The Kier molecular flexibility index (Phi) is 3.47. The Morgan fingerprint density at radius 3 is 2.83 bits per heavy atom. The number of hydrogen-bond acceptors (Lipinski definition) is 4. The Morgan fingerprint density at radius 2 is 2.22 bits per heavy atom. The summed E-state index contributed by atoms with van der Waals surface area (Å²) in [5.41, 5.74) is 0.966. The van der Waals surface area contributed by atoms with Crippen LogP contribution in [0.15, 0.2) is 28.2 Å². The predicted octanol–water partition coefficient (Wildman–Crippen LogP) is 2.28. The summed E-state index contributed by atoms with van der Waals surface area (Å²) in [7, 11) is 0. The highest BCUT2D eigenvalue weighted by atomic mass is 32.1. The van der Waals surface area contributed by atoms with Crippen LogP contribution in [0, 0.1) is 6.92 Å². The second-order valence-electron chi connectivity index (χ2n) is 3.68. The number of hydrogen-bond donors (Lipinski definition) is 2. The van der Waals surface area contributed by atoms with Crippen LogP contribution < -0.4 is 5.32 Å². The third kappa shape index (κ3) is 2.43. The standard InChI is InChI=1S/C12H11NO4S/c1-7-3-5-18-9(7)6-13-11(14)10-8(12(15)16)2-4-17-10/h2-5H,6H2,1H3,(H,13,14)(H,15,16). The summed E-state index contributed by atoms with van der Waals surface area (Å²) in [6.07, 6.45) is 1.19. The first-order valence-electron chi connectivity index (χ1n) is 5.21. The van der Waals surface area contributed by atoms with Gasteiger partial charge in [0.15, 0.2) is 0 Å². The van der Waals surface area contributed by atoms with Crippen molar-refractivity contribution in [3.05, 3.63) is 45.5 Å². The lowest BCUT2D eigenvalue weighted by atomic mass is 10.2. The summed E-state index contributed by atoms with van der Waals surface area (Å²) in [6.45, 7) is 2.32. The van der Waals surface area contributed by atoms with Crippen LogP contribution in [0.4, 0.5) is 0 Å². The van der Waals surface area contributed by atoms with Gasteiger partial charge in [-0.05, 0) is 30.0 Å². The van der Waals surface area contributed by atoms with Crippen LogP contribution in [0.25, 0.3) is 0 Å². The number of carboxylic acids is 1. The van der Waals surface area contributed by atoms with Gasteiger partial charge in [0.25, 0.3) is 5.91 Å². The van der Waals surface area contributed by atoms with Gasteiger partial charge in [0.2, 0.25) is 5.76 Å². The molecule has 0 bridgehead atoms. The molecule has 2 heterocycles. The summed E-state index contributed by atoms with van der Waals surface area (Å²) in [4.78, 5) is 23.6. The zero-order chi connectivity index (χ0) is 13.1. The van der Waals surface area contributed by atoms with Crippen molar-refractivity contribution in [3.8, 4) is 0 Å². The Labute approximate surface area is 107 Å². The number of carbonyl (C=O) groups is 2. The van der Waals surface area contributed by atoms with Gasteiger partial charge >= 0.3 is 5.97 Å². The fourth-order valence-corrected chi connectivity index (χ4v) is 2.33. The van der Waals surface area contributed by atoms with Crippen molar-refractivity contribution in [2.75, 3.05) is 0 Å². The first-order chi connectivity index (χ1) is 8.59. The van der Waals surface area contributed by atoms with Gasteiger partial charge in [0.05, 0.1) is 12.8 Å². The summed E-state index contributed by atoms with van der Waals surface area (Å²) < 4.78 is 4.90. The van der Waals surface area contributed by atoms with Gasteiger partial charge in [-0.3, -0.25) is 4.79 Å². The minimum Gasteiger partial charge on any atom is -0.478 e. The van der Waals surface area contributed by atoms with Crippen LogP contribution in [-0.4, -0.2) is 17.0 Å². The second-order valence-corrected chi connectivity index (χ2v) is 4.68. The molecule has 0 aliphatic heterocycles. The first kappa shape index (κ1) is 12.4. The van der Waals surface area contributed by atoms with E-state index in [4.69, 9.17) is 9.52 Å². The normalized spacial score (nSPS) is 10.3. The highest BCUT2D eigenvalue weighted by molar-refractivity contribution is 7.10. The van der Waals surface area contributed by atoms with Crippen molar-refractivity contribution in [2.24, 2.45) is 0 Å². The van der Waals surface area contributed by atoms with Crippen LogP contribution in [0.5, 0.6) is 0 Å². The molecule has 0 atom stereocenters. The quantitative estimate of drug-likeness (QED) is 0.888. The Morgan fingerprint density at radius 1 is 1.44 bits per heavy atom. The van der Waals surface area contributed by atoms with Crippen molar-refractivity contribution in [1.29, 1.82) is 0 Å².